The number of likely N-dealkylation sites (N-methyl/N-ethyl adjacent to an activating group) is 1. The molecule has 1 fully saturated rings. The molecule has 6 heteroatoms. The zero-order chi connectivity index (χ0) is 15.2. The molecule has 0 saturated carbocycles. The monoisotopic (exact) mass is 290 g/mol. The van der Waals surface area contributed by atoms with Crippen molar-refractivity contribution >= 4 is 11.7 Å². The number of amides is 1. The fraction of sp³-hybridized carbons (Fsp3) is 0.467. The second-order valence-electron chi connectivity index (χ2n) is 5.52. The van der Waals surface area contributed by atoms with Crippen LogP contribution in [0.1, 0.15) is 12.0 Å². The Hall–Kier alpha value is -2.08. The van der Waals surface area contributed by atoms with Gasteiger partial charge in [0, 0.05) is 12.6 Å². The van der Waals surface area contributed by atoms with E-state index in [-0.39, 0.29) is 17.8 Å². The number of likely N-dealkylation sites (tertiary alicyclic amines) is 1. The van der Waals surface area contributed by atoms with E-state index in [1.165, 1.54) is 0 Å². The van der Waals surface area contributed by atoms with E-state index < -0.39 is 5.92 Å². The van der Waals surface area contributed by atoms with Crippen molar-refractivity contribution in [3.8, 4) is 0 Å². The smallest absolute Gasteiger partial charge is 0.231 e. The van der Waals surface area contributed by atoms with Crippen molar-refractivity contribution in [2.24, 2.45) is 16.8 Å². The van der Waals surface area contributed by atoms with Crippen molar-refractivity contribution in [2.45, 2.75) is 18.9 Å². The van der Waals surface area contributed by atoms with Gasteiger partial charge in [-0.2, -0.15) is 0 Å². The lowest BCUT2D eigenvalue weighted by Gasteiger charge is -2.19. The summed E-state index contributed by atoms with van der Waals surface area (Å²) in [6.07, 6.45) is 1.35. The van der Waals surface area contributed by atoms with Gasteiger partial charge in [0.2, 0.25) is 5.91 Å². The fourth-order valence-electron chi connectivity index (χ4n) is 2.61. The molecule has 0 aromatic heterocycles. The van der Waals surface area contributed by atoms with Gasteiger partial charge in [0.1, 0.15) is 5.92 Å². The van der Waals surface area contributed by atoms with Crippen LogP contribution in [0.3, 0.4) is 0 Å². The molecule has 1 heterocycles. The Kier molecular flexibility index (Phi) is 5.16. The number of hydrogen-bond donors (Lipinski definition) is 3. The molecular formula is C15H22N4O2. The van der Waals surface area contributed by atoms with E-state index in [0.717, 1.165) is 25.1 Å². The Labute approximate surface area is 124 Å². The highest BCUT2D eigenvalue weighted by molar-refractivity contribution is 6.02. The molecule has 4 N–H and O–H groups in total. The molecule has 0 spiro atoms. The maximum atomic E-state index is 12.4. The SMILES string of the molecule is CN1CCC(NC(=O)C(Cc2ccccc2)C(N)=NO)C1. The third-order valence-corrected chi connectivity index (χ3v) is 3.81. The number of carbonyl (C=O) groups is 1. The van der Waals surface area contributed by atoms with Crippen molar-refractivity contribution in [3.05, 3.63) is 35.9 Å². The number of hydrogen-bond acceptors (Lipinski definition) is 4. The van der Waals surface area contributed by atoms with Crippen LogP contribution in [0.15, 0.2) is 35.5 Å². The quantitative estimate of drug-likeness (QED) is 0.317. The van der Waals surface area contributed by atoms with Crippen molar-refractivity contribution < 1.29 is 10.0 Å². The Morgan fingerprint density at radius 3 is 2.81 bits per heavy atom. The normalized spacial score (nSPS) is 21.2. The summed E-state index contributed by atoms with van der Waals surface area (Å²) in [5, 5.41) is 14.9. The first-order valence-corrected chi connectivity index (χ1v) is 7.10. The lowest BCUT2D eigenvalue weighted by molar-refractivity contribution is -0.123. The fourth-order valence-corrected chi connectivity index (χ4v) is 2.61. The lowest BCUT2D eigenvalue weighted by atomic mass is 9.97. The molecule has 1 saturated heterocycles. The number of nitrogens with one attached hydrogen (secondary N) is 1. The summed E-state index contributed by atoms with van der Waals surface area (Å²) in [4.78, 5) is 14.6. The topological polar surface area (TPSA) is 91.0 Å². The van der Waals surface area contributed by atoms with Gasteiger partial charge in [0.15, 0.2) is 5.84 Å². The lowest BCUT2D eigenvalue weighted by Crippen LogP contribution is -2.45. The maximum Gasteiger partial charge on any atom is 0.231 e. The summed E-state index contributed by atoms with van der Waals surface area (Å²) in [5.41, 5.74) is 6.68. The Morgan fingerprint density at radius 1 is 1.52 bits per heavy atom. The molecular weight excluding hydrogens is 268 g/mol. The molecule has 2 unspecified atom stereocenters. The molecule has 1 aliphatic heterocycles. The zero-order valence-corrected chi connectivity index (χ0v) is 12.2. The molecule has 21 heavy (non-hydrogen) atoms. The average molecular weight is 290 g/mol. The summed E-state index contributed by atoms with van der Waals surface area (Å²) >= 11 is 0. The predicted octanol–water partition coefficient (Wildman–Crippen LogP) is 0.412. The van der Waals surface area contributed by atoms with Gasteiger partial charge in [-0.3, -0.25) is 4.79 Å². The minimum absolute atomic E-state index is 0.0531. The van der Waals surface area contributed by atoms with Gasteiger partial charge in [0.25, 0.3) is 0 Å². The average Bonchev–Trinajstić information content (AvgIpc) is 2.90. The number of oxime groups is 1. The largest absolute Gasteiger partial charge is 0.409 e. The zero-order valence-electron chi connectivity index (χ0n) is 12.2. The number of carbonyl (C=O) groups excluding carboxylic acids is 1. The van der Waals surface area contributed by atoms with E-state index in [4.69, 9.17) is 10.9 Å². The number of nitrogens with two attached hydrogens (primary N) is 1. The highest BCUT2D eigenvalue weighted by Crippen LogP contribution is 2.12. The van der Waals surface area contributed by atoms with E-state index in [0.29, 0.717) is 6.42 Å². The number of amidine groups is 1. The van der Waals surface area contributed by atoms with Gasteiger partial charge in [0.05, 0.1) is 0 Å². The summed E-state index contributed by atoms with van der Waals surface area (Å²) in [6.45, 7) is 1.80. The first-order valence-electron chi connectivity index (χ1n) is 7.10. The van der Waals surface area contributed by atoms with Crippen LogP contribution in [-0.2, 0) is 11.2 Å². The minimum atomic E-state index is -0.650. The van der Waals surface area contributed by atoms with Crippen molar-refractivity contribution in [1.29, 1.82) is 0 Å². The van der Waals surface area contributed by atoms with Crippen molar-refractivity contribution in [2.75, 3.05) is 20.1 Å². The molecule has 0 bridgehead atoms. The molecule has 1 amide bonds. The third-order valence-electron chi connectivity index (χ3n) is 3.81. The molecule has 2 atom stereocenters. The van der Waals surface area contributed by atoms with Crippen LogP contribution in [0.4, 0.5) is 0 Å². The molecule has 0 radical (unpaired) electrons. The predicted molar refractivity (Wildman–Crippen MR) is 81.1 cm³/mol. The maximum absolute atomic E-state index is 12.4. The number of rotatable bonds is 5. The molecule has 114 valence electrons. The van der Waals surface area contributed by atoms with E-state index in [2.05, 4.69) is 15.4 Å². The highest BCUT2D eigenvalue weighted by atomic mass is 16.4. The second-order valence-corrected chi connectivity index (χ2v) is 5.52. The first kappa shape index (κ1) is 15.3. The standard InChI is InChI=1S/C15H22N4O2/c1-19-8-7-12(10-19)17-15(20)13(14(16)18-21)9-11-5-3-2-4-6-11/h2-6,12-13,21H,7-10H2,1H3,(H2,16,18)(H,17,20). The van der Waals surface area contributed by atoms with E-state index in [1.54, 1.807) is 0 Å². The Morgan fingerprint density at radius 2 is 2.24 bits per heavy atom. The van der Waals surface area contributed by atoms with Crippen LogP contribution in [0.5, 0.6) is 0 Å². The first-order chi connectivity index (χ1) is 10.1. The molecule has 1 aromatic carbocycles. The van der Waals surface area contributed by atoms with Gasteiger partial charge in [-0.25, -0.2) is 0 Å². The van der Waals surface area contributed by atoms with Gasteiger partial charge < -0.3 is 21.2 Å². The second kappa shape index (κ2) is 7.08. The van der Waals surface area contributed by atoms with Crippen LogP contribution >= 0.6 is 0 Å². The van der Waals surface area contributed by atoms with Crippen LogP contribution in [0.2, 0.25) is 0 Å². The summed E-state index contributed by atoms with van der Waals surface area (Å²) in [7, 11) is 2.02. The number of nitrogens with zero attached hydrogens (tertiary/aromatic N) is 2. The molecule has 2 rings (SSSR count). The van der Waals surface area contributed by atoms with Crippen molar-refractivity contribution in [3.63, 3.8) is 0 Å². The minimum Gasteiger partial charge on any atom is -0.409 e. The van der Waals surface area contributed by atoms with E-state index in [9.17, 15) is 4.79 Å². The van der Waals surface area contributed by atoms with Crippen molar-refractivity contribution in [1.82, 2.24) is 10.2 Å². The Balaban J connectivity index is 2.03. The molecule has 1 aromatic rings. The van der Waals surface area contributed by atoms with Gasteiger partial charge in [-0.1, -0.05) is 35.5 Å². The van der Waals surface area contributed by atoms with Gasteiger partial charge in [-0.05, 0) is 32.0 Å². The molecule has 1 aliphatic rings. The van der Waals surface area contributed by atoms with Crippen LogP contribution in [0, 0.1) is 5.92 Å². The molecule has 0 aliphatic carbocycles. The third kappa shape index (κ3) is 4.19. The van der Waals surface area contributed by atoms with Crippen LogP contribution < -0.4 is 11.1 Å². The van der Waals surface area contributed by atoms with Gasteiger partial charge >= 0.3 is 0 Å². The summed E-state index contributed by atoms with van der Waals surface area (Å²) < 4.78 is 0. The summed E-state index contributed by atoms with van der Waals surface area (Å²) in [6, 6.07) is 9.71. The van der Waals surface area contributed by atoms with Crippen LogP contribution in [-0.4, -0.2) is 48.0 Å². The van der Waals surface area contributed by atoms with Gasteiger partial charge in [-0.15, -0.1) is 0 Å². The van der Waals surface area contributed by atoms with Crippen LogP contribution in [0.25, 0.3) is 0 Å². The van der Waals surface area contributed by atoms with E-state index in [1.807, 2.05) is 37.4 Å². The summed E-state index contributed by atoms with van der Waals surface area (Å²) in [5.74, 6) is -0.888. The Bertz CT molecular complexity index is 504. The highest BCUT2D eigenvalue weighted by Gasteiger charge is 2.28. The molecule has 6 nitrogen and oxygen atoms in total. The van der Waals surface area contributed by atoms with E-state index >= 15 is 0 Å². The number of benzene rings is 1.